The number of nitrogens with zero attached hydrogens (tertiary/aromatic N) is 2. The van der Waals surface area contributed by atoms with Crippen LogP contribution >= 0.6 is 0 Å². The SMILES string of the molecule is CC(NCCCCN1CCCC1CO)c1ccncc1. The van der Waals surface area contributed by atoms with Crippen LogP contribution in [-0.4, -0.2) is 47.3 Å². The summed E-state index contributed by atoms with van der Waals surface area (Å²) in [4.78, 5) is 6.48. The predicted octanol–water partition coefficient (Wildman–Crippen LogP) is 1.97. The van der Waals surface area contributed by atoms with E-state index in [-0.39, 0.29) is 0 Å². The number of hydrogen-bond acceptors (Lipinski definition) is 4. The number of aromatic nitrogens is 1. The van der Waals surface area contributed by atoms with Crippen molar-refractivity contribution in [3.05, 3.63) is 30.1 Å². The fourth-order valence-corrected chi connectivity index (χ4v) is 2.92. The highest BCUT2D eigenvalue weighted by atomic mass is 16.3. The molecule has 2 heterocycles. The largest absolute Gasteiger partial charge is 0.395 e. The molecule has 20 heavy (non-hydrogen) atoms. The van der Waals surface area contributed by atoms with E-state index in [0.717, 1.165) is 26.1 Å². The van der Waals surface area contributed by atoms with Gasteiger partial charge in [0, 0.05) is 24.5 Å². The van der Waals surface area contributed by atoms with E-state index >= 15 is 0 Å². The lowest BCUT2D eigenvalue weighted by atomic mass is 10.1. The molecule has 1 saturated heterocycles. The quantitative estimate of drug-likeness (QED) is 0.713. The summed E-state index contributed by atoms with van der Waals surface area (Å²) in [6, 6.07) is 4.93. The average molecular weight is 277 g/mol. The van der Waals surface area contributed by atoms with Crippen LogP contribution in [0.5, 0.6) is 0 Å². The number of likely N-dealkylation sites (tertiary alicyclic amines) is 1. The van der Waals surface area contributed by atoms with Gasteiger partial charge in [-0.15, -0.1) is 0 Å². The normalized spacial score (nSPS) is 21.2. The van der Waals surface area contributed by atoms with E-state index in [0.29, 0.717) is 18.7 Å². The summed E-state index contributed by atoms with van der Waals surface area (Å²) in [7, 11) is 0. The van der Waals surface area contributed by atoms with Crippen LogP contribution in [0.1, 0.15) is 44.2 Å². The van der Waals surface area contributed by atoms with Crippen LogP contribution in [-0.2, 0) is 0 Å². The average Bonchev–Trinajstić information content (AvgIpc) is 2.95. The molecule has 0 aromatic carbocycles. The minimum atomic E-state index is 0.317. The highest BCUT2D eigenvalue weighted by molar-refractivity contribution is 5.13. The van der Waals surface area contributed by atoms with Crippen LogP contribution < -0.4 is 5.32 Å². The van der Waals surface area contributed by atoms with E-state index in [2.05, 4.69) is 34.3 Å². The van der Waals surface area contributed by atoms with E-state index in [9.17, 15) is 5.11 Å². The Morgan fingerprint density at radius 3 is 2.95 bits per heavy atom. The second-order valence-corrected chi connectivity index (χ2v) is 5.68. The Morgan fingerprint density at radius 1 is 1.40 bits per heavy atom. The molecular weight excluding hydrogens is 250 g/mol. The molecule has 4 nitrogen and oxygen atoms in total. The van der Waals surface area contributed by atoms with Gasteiger partial charge in [0.1, 0.15) is 0 Å². The molecule has 1 aromatic heterocycles. The van der Waals surface area contributed by atoms with Crippen LogP contribution in [0.4, 0.5) is 0 Å². The van der Waals surface area contributed by atoms with Crippen LogP contribution in [0.2, 0.25) is 0 Å². The molecule has 1 aliphatic heterocycles. The first-order chi connectivity index (χ1) is 9.81. The maximum Gasteiger partial charge on any atom is 0.0586 e. The topological polar surface area (TPSA) is 48.4 Å². The Bertz CT molecular complexity index is 371. The zero-order chi connectivity index (χ0) is 14.2. The van der Waals surface area contributed by atoms with E-state index in [1.807, 2.05) is 12.4 Å². The molecule has 1 aliphatic rings. The van der Waals surface area contributed by atoms with Gasteiger partial charge in [-0.2, -0.15) is 0 Å². The Hall–Kier alpha value is -0.970. The molecule has 0 saturated carbocycles. The highest BCUT2D eigenvalue weighted by Gasteiger charge is 2.22. The van der Waals surface area contributed by atoms with Gasteiger partial charge in [-0.3, -0.25) is 9.88 Å². The van der Waals surface area contributed by atoms with Gasteiger partial charge in [0.05, 0.1) is 6.61 Å². The Balaban J connectivity index is 1.58. The van der Waals surface area contributed by atoms with E-state index < -0.39 is 0 Å². The minimum Gasteiger partial charge on any atom is -0.395 e. The molecule has 4 heteroatoms. The molecule has 0 spiro atoms. The van der Waals surface area contributed by atoms with Crippen LogP contribution in [0.15, 0.2) is 24.5 Å². The smallest absolute Gasteiger partial charge is 0.0586 e. The van der Waals surface area contributed by atoms with Crippen molar-refractivity contribution >= 4 is 0 Å². The summed E-state index contributed by atoms with van der Waals surface area (Å²) in [5.41, 5.74) is 1.29. The molecule has 2 N–H and O–H groups in total. The first-order valence-electron chi connectivity index (χ1n) is 7.79. The van der Waals surface area contributed by atoms with Gasteiger partial charge in [0.25, 0.3) is 0 Å². The van der Waals surface area contributed by atoms with Gasteiger partial charge in [-0.1, -0.05) is 0 Å². The lowest BCUT2D eigenvalue weighted by molar-refractivity contribution is 0.157. The molecule has 1 fully saturated rings. The van der Waals surface area contributed by atoms with Gasteiger partial charge >= 0.3 is 0 Å². The van der Waals surface area contributed by atoms with E-state index in [4.69, 9.17) is 0 Å². The van der Waals surface area contributed by atoms with Crippen LogP contribution in [0.25, 0.3) is 0 Å². The Morgan fingerprint density at radius 2 is 2.20 bits per heavy atom. The standard InChI is InChI=1S/C16H27N3O/c1-14(15-6-9-17-10-7-15)18-8-2-3-11-19-12-4-5-16(19)13-20/h6-7,9-10,14,16,18,20H,2-5,8,11-13H2,1H3. The molecule has 1 aromatic rings. The van der Waals surface area contributed by atoms with Crippen molar-refractivity contribution in [2.45, 2.75) is 44.7 Å². The van der Waals surface area contributed by atoms with Crippen molar-refractivity contribution in [2.75, 3.05) is 26.2 Å². The number of nitrogens with one attached hydrogen (secondary N) is 1. The highest BCUT2D eigenvalue weighted by Crippen LogP contribution is 2.17. The van der Waals surface area contributed by atoms with Gasteiger partial charge in [-0.05, 0) is 69.9 Å². The maximum absolute atomic E-state index is 9.28. The number of unbranched alkanes of at least 4 members (excludes halogenated alkanes) is 1. The van der Waals surface area contributed by atoms with Gasteiger partial charge in [0.15, 0.2) is 0 Å². The molecule has 0 radical (unpaired) electrons. The second-order valence-electron chi connectivity index (χ2n) is 5.68. The van der Waals surface area contributed by atoms with Crippen molar-refractivity contribution in [1.82, 2.24) is 15.2 Å². The third-order valence-corrected chi connectivity index (χ3v) is 4.24. The van der Waals surface area contributed by atoms with Gasteiger partial charge in [0.2, 0.25) is 0 Å². The van der Waals surface area contributed by atoms with Gasteiger partial charge < -0.3 is 10.4 Å². The summed E-state index contributed by atoms with van der Waals surface area (Å²) in [5.74, 6) is 0. The van der Waals surface area contributed by atoms with Crippen molar-refractivity contribution in [1.29, 1.82) is 0 Å². The zero-order valence-corrected chi connectivity index (χ0v) is 12.5. The van der Waals surface area contributed by atoms with Crippen LogP contribution in [0, 0.1) is 0 Å². The monoisotopic (exact) mass is 277 g/mol. The van der Waals surface area contributed by atoms with Crippen molar-refractivity contribution in [3.63, 3.8) is 0 Å². The zero-order valence-electron chi connectivity index (χ0n) is 12.5. The third-order valence-electron chi connectivity index (χ3n) is 4.24. The number of pyridine rings is 1. The first-order valence-corrected chi connectivity index (χ1v) is 7.79. The molecule has 0 amide bonds. The number of aliphatic hydroxyl groups is 1. The summed E-state index contributed by atoms with van der Waals surface area (Å²) in [6.07, 6.45) is 8.47. The van der Waals surface area contributed by atoms with Crippen molar-refractivity contribution in [2.24, 2.45) is 0 Å². The summed E-state index contributed by atoms with van der Waals surface area (Å²) in [5, 5.41) is 12.8. The molecular formula is C16H27N3O. The lowest BCUT2D eigenvalue weighted by Crippen LogP contribution is -2.33. The predicted molar refractivity (Wildman–Crippen MR) is 81.6 cm³/mol. The van der Waals surface area contributed by atoms with Crippen molar-refractivity contribution < 1.29 is 5.11 Å². The van der Waals surface area contributed by atoms with Crippen molar-refractivity contribution in [3.8, 4) is 0 Å². The summed E-state index contributed by atoms with van der Waals surface area (Å²) >= 11 is 0. The summed E-state index contributed by atoms with van der Waals surface area (Å²) in [6.45, 7) is 5.83. The Kier molecular flexibility index (Phi) is 6.43. The number of aliphatic hydroxyl groups excluding tert-OH is 1. The van der Waals surface area contributed by atoms with Gasteiger partial charge in [-0.25, -0.2) is 0 Å². The molecule has 2 rings (SSSR count). The number of rotatable bonds is 8. The molecule has 2 atom stereocenters. The summed E-state index contributed by atoms with van der Waals surface area (Å²) < 4.78 is 0. The number of hydrogen-bond donors (Lipinski definition) is 2. The fraction of sp³-hybridized carbons (Fsp3) is 0.688. The van der Waals surface area contributed by atoms with E-state index in [1.54, 1.807) is 0 Å². The Labute approximate surface area is 122 Å². The van der Waals surface area contributed by atoms with E-state index in [1.165, 1.54) is 24.8 Å². The fourth-order valence-electron chi connectivity index (χ4n) is 2.92. The molecule has 2 unspecified atom stereocenters. The van der Waals surface area contributed by atoms with Crippen LogP contribution in [0.3, 0.4) is 0 Å². The third kappa shape index (κ3) is 4.54. The molecule has 0 aliphatic carbocycles. The lowest BCUT2D eigenvalue weighted by Gasteiger charge is -2.22. The molecule has 0 bridgehead atoms. The first kappa shape index (κ1) is 15.4. The minimum absolute atomic E-state index is 0.317. The molecule has 112 valence electrons. The maximum atomic E-state index is 9.28. The second kappa shape index (κ2) is 8.35.